The predicted octanol–water partition coefficient (Wildman–Crippen LogP) is 12.8. The van der Waals surface area contributed by atoms with Gasteiger partial charge in [0, 0.05) is 12.8 Å². The first-order valence-electron chi connectivity index (χ1n) is 22.6. The molecule has 0 saturated carbocycles. The second kappa shape index (κ2) is 42.1. The second-order valence-electron chi connectivity index (χ2n) is 15.4. The Hall–Kier alpha value is -1.66. The van der Waals surface area contributed by atoms with Gasteiger partial charge in [-0.2, -0.15) is 0 Å². The number of carbonyl (C=O) groups is 2. The summed E-state index contributed by atoms with van der Waals surface area (Å²) in [5.41, 5.74) is 0. The molecule has 0 aromatic rings. The van der Waals surface area contributed by atoms with Crippen LogP contribution in [0.3, 0.4) is 0 Å². The maximum Gasteiger partial charge on any atom is 0.305 e. The van der Waals surface area contributed by atoms with E-state index in [0.717, 1.165) is 57.8 Å². The van der Waals surface area contributed by atoms with Crippen molar-refractivity contribution in [2.75, 3.05) is 13.2 Å². The number of esters is 1. The van der Waals surface area contributed by atoms with Crippen molar-refractivity contribution in [3.8, 4) is 0 Å². The standard InChI is InChI=1S/C46H87NO5/c1-3-5-7-9-11-13-19-24-28-32-36-40-46(51)52-41-37-33-29-25-21-18-16-14-15-17-20-23-27-31-35-39-45(50)47-43(42-48)44(49)38-34-30-26-22-12-10-8-6-4-2/h9,11,34,38,43-44,48-49H,3-8,10,12-33,35-37,39-42H2,1-2H3,(H,47,50)/b11-9-,38-34+. The van der Waals surface area contributed by atoms with Crippen LogP contribution in [0.4, 0.5) is 0 Å². The maximum absolute atomic E-state index is 12.3. The van der Waals surface area contributed by atoms with E-state index in [1.165, 1.54) is 148 Å². The van der Waals surface area contributed by atoms with Crippen LogP contribution in [0.15, 0.2) is 24.3 Å². The molecule has 52 heavy (non-hydrogen) atoms. The van der Waals surface area contributed by atoms with E-state index in [1.54, 1.807) is 6.08 Å². The van der Waals surface area contributed by atoms with Gasteiger partial charge in [0.15, 0.2) is 0 Å². The Kier molecular flexibility index (Phi) is 40.7. The van der Waals surface area contributed by atoms with E-state index < -0.39 is 12.1 Å². The summed E-state index contributed by atoms with van der Waals surface area (Å²) < 4.78 is 5.43. The van der Waals surface area contributed by atoms with Crippen LogP contribution in [0.5, 0.6) is 0 Å². The van der Waals surface area contributed by atoms with Crippen molar-refractivity contribution >= 4 is 11.9 Å². The minimum atomic E-state index is -0.847. The molecule has 0 bridgehead atoms. The number of aliphatic hydroxyl groups is 2. The summed E-state index contributed by atoms with van der Waals surface area (Å²) in [6.45, 7) is 4.80. The molecule has 0 heterocycles. The Balaban J connectivity index is 3.45. The van der Waals surface area contributed by atoms with E-state index in [2.05, 4.69) is 31.3 Å². The summed E-state index contributed by atoms with van der Waals surface area (Å²) in [6.07, 6.45) is 47.4. The molecule has 0 aliphatic heterocycles. The Morgan fingerprint density at radius 3 is 1.42 bits per heavy atom. The molecule has 0 aliphatic carbocycles. The van der Waals surface area contributed by atoms with Crippen LogP contribution in [0.2, 0.25) is 0 Å². The second-order valence-corrected chi connectivity index (χ2v) is 15.4. The highest BCUT2D eigenvalue weighted by Crippen LogP contribution is 2.15. The number of allylic oxidation sites excluding steroid dienone is 3. The van der Waals surface area contributed by atoms with Gasteiger partial charge in [-0.3, -0.25) is 9.59 Å². The molecule has 0 aliphatic rings. The molecule has 2 atom stereocenters. The van der Waals surface area contributed by atoms with Gasteiger partial charge in [-0.15, -0.1) is 0 Å². The summed E-state index contributed by atoms with van der Waals surface area (Å²) in [5.74, 6) is -0.0933. The van der Waals surface area contributed by atoms with Crippen LogP contribution < -0.4 is 5.32 Å². The number of aliphatic hydroxyl groups excluding tert-OH is 2. The molecule has 0 rings (SSSR count). The van der Waals surface area contributed by atoms with Crippen LogP contribution in [0.1, 0.15) is 232 Å². The molecular formula is C46H87NO5. The fourth-order valence-electron chi connectivity index (χ4n) is 6.67. The number of rotatable bonds is 41. The zero-order valence-corrected chi connectivity index (χ0v) is 34.5. The molecule has 3 N–H and O–H groups in total. The van der Waals surface area contributed by atoms with E-state index >= 15 is 0 Å². The zero-order valence-electron chi connectivity index (χ0n) is 34.5. The molecule has 0 fully saturated rings. The van der Waals surface area contributed by atoms with Gasteiger partial charge in [0.1, 0.15) is 0 Å². The van der Waals surface area contributed by atoms with Crippen molar-refractivity contribution in [2.24, 2.45) is 0 Å². The summed E-state index contributed by atoms with van der Waals surface area (Å²) in [5, 5.41) is 22.8. The van der Waals surface area contributed by atoms with Crippen LogP contribution in [-0.4, -0.2) is 47.4 Å². The van der Waals surface area contributed by atoms with Gasteiger partial charge in [-0.05, 0) is 51.4 Å². The van der Waals surface area contributed by atoms with E-state index in [-0.39, 0.29) is 18.5 Å². The topological polar surface area (TPSA) is 95.9 Å². The molecule has 0 radical (unpaired) electrons. The molecule has 0 saturated heterocycles. The first kappa shape index (κ1) is 50.3. The Morgan fingerprint density at radius 2 is 0.923 bits per heavy atom. The number of ether oxygens (including phenoxy) is 1. The van der Waals surface area contributed by atoms with Crippen molar-refractivity contribution in [2.45, 2.75) is 244 Å². The van der Waals surface area contributed by atoms with Gasteiger partial charge < -0.3 is 20.3 Å². The minimum absolute atomic E-state index is 0.0127. The number of unbranched alkanes of at least 4 members (excludes halogenated alkanes) is 28. The average molecular weight is 734 g/mol. The Morgan fingerprint density at radius 1 is 0.519 bits per heavy atom. The van der Waals surface area contributed by atoms with Crippen molar-refractivity contribution < 1.29 is 24.5 Å². The number of hydrogen-bond donors (Lipinski definition) is 3. The summed E-state index contributed by atoms with van der Waals surface area (Å²) in [4.78, 5) is 24.3. The molecule has 0 aromatic heterocycles. The van der Waals surface area contributed by atoms with Crippen molar-refractivity contribution in [3.05, 3.63) is 24.3 Å². The number of amides is 1. The first-order chi connectivity index (χ1) is 25.5. The maximum atomic E-state index is 12.3. The minimum Gasteiger partial charge on any atom is -0.466 e. The van der Waals surface area contributed by atoms with Crippen LogP contribution in [0, 0.1) is 0 Å². The highest BCUT2D eigenvalue weighted by molar-refractivity contribution is 5.76. The van der Waals surface area contributed by atoms with Gasteiger partial charge in [0.05, 0.1) is 25.4 Å². The van der Waals surface area contributed by atoms with Crippen LogP contribution in [0.25, 0.3) is 0 Å². The smallest absolute Gasteiger partial charge is 0.305 e. The Labute approximate surface area is 322 Å². The van der Waals surface area contributed by atoms with Crippen molar-refractivity contribution in [1.29, 1.82) is 0 Å². The molecule has 0 aromatic carbocycles. The van der Waals surface area contributed by atoms with Gasteiger partial charge in [-0.1, -0.05) is 192 Å². The quantitative estimate of drug-likeness (QED) is 0.0330. The number of nitrogens with one attached hydrogen (secondary N) is 1. The fraction of sp³-hybridized carbons (Fsp3) is 0.870. The zero-order chi connectivity index (χ0) is 38.0. The third-order valence-corrected chi connectivity index (χ3v) is 10.2. The third-order valence-electron chi connectivity index (χ3n) is 10.2. The SMILES string of the molecule is CCCC/C=C\CCCCCCCC(=O)OCCCCCCCCCCCCCCCCCC(=O)NC(CO)C(O)/C=C/CCCCCCCCC. The third kappa shape index (κ3) is 38.1. The Bertz CT molecular complexity index is 813. The highest BCUT2D eigenvalue weighted by atomic mass is 16.5. The summed E-state index contributed by atoms with van der Waals surface area (Å²) in [6, 6.07) is -0.631. The lowest BCUT2D eigenvalue weighted by atomic mass is 10.0. The summed E-state index contributed by atoms with van der Waals surface area (Å²) >= 11 is 0. The predicted molar refractivity (Wildman–Crippen MR) is 223 cm³/mol. The molecule has 2 unspecified atom stereocenters. The lowest BCUT2D eigenvalue weighted by Gasteiger charge is -2.20. The van der Waals surface area contributed by atoms with E-state index in [1.807, 2.05) is 6.08 Å². The monoisotopic (exact) mass is 734 g/mol. The molecule has 306 valence electrons. The van der Waals surface area contributed by atoms with Crippen molar-refractivity contribution in [1.82, 2.24) is 5.32 Å². The number of carbonyl (C=O) groups excluding carboxylic acids is 2. The van der Waals surface area contributed by atoms with Crippen LogP contribution in [-0.2, 0) is 14.3 Å². The lowest BCUT2D eigenvalue weighted by Crippen LogP contribution is -2.45. The molecule has 0 spiro atoms. The average Bonchev–Trinajstić information content (AvgIpc) is 3.14. The van der Waals surface area contributed by atoms with Gasteiger partial charge in [0.2, 0.25) is 5.91 Å². The van der Waals surface area contributed by atoms with Crippen molar-refractivity contribution in [3.63, 3.8) is 0 Å². The highest BCUT2D eigenvalue weighted by Gasteiger charge is 2.18. The van der Waals surface area contributed by atoms with E-state index in [9.17, 15) is 19.8 Å². The molecule has 6 heteroatoms. The van der Waals surface area contributed by atoms with E-state index in [0.29, 0.717) is 19.4 Å². The number of hydrogen-bond acceptors (Lipinski definition) is 5. The van der Waals surface area contributed by atoms with Gasteiger partial charge >= 0.3 is 5.97 Å². The molecule has 1 amide bonds. The fourth-order valence-corrected chi connectivity index (χ4v) is 6.67. The molecular weight excluding hydrogens is 647 g/mol. The lowest BCUT2D eigenvalue weighted by molar-refractivity contribution is -0.143. The van der Waals surface area contributed by atoms with Crippen LogP contribution >= 0.6 is 0 Å². The molecule has 6 nitrogen and oxygen atoms in total. The largest absolute Gasteiger partial charge is 0.466 e. The normalized spacial score (nSPS) is 12.9. The van der Waals surface area contributed by atoms with E-state index in [4.69, 9.17) is 4.74 Å². The van der Waals surface area contributed by atoms with Gasteiger partial charge in [0.25, 0.3) is 0 Å². The van der Waals surface area contributed by atoms with Gasteiger partial charge in [-0.25, -0.2) is 0 Å². The first-order valence-corrected chi connectivity index (χ1v) is 22.6. The summed E-state index contributed by atoms with van der Waals surface area (Å²) in [7, 11) is 0.